The van der Waals surface area contributed by atoms with Gasteiger partial charge in [0.2, 0.25) is 5.78 Å². The molecule has 0 spiro atoms. The highest BCUT2D eigenvalue weighted by molar-refractivity contribution is 7.80. The highest BCUT2D eigenvalue weighted by atomic mass is 32.1. The third-order valence-electron chi connectivity index (χ3n) is 6.44. The van der Waals surface area contributed by atoms with Gasteiger partial charge in [-0.15, -0.1) is 0 Å². The third-order valence-corrected chi connectivity index (χ3v) is 6.83. The number of carbonyl (C=O) groups excluding carboxylic acids is 2. The van der Waals surface area contributed by atoms with Crippen LogP contribution in [0.15, 0.2) is 42.5 Å². The van der Waals surface area contributed by atoms with Crippen LogP contribution in [0.5, 0.6) is 0 Å². The second-order valence-corrected chi connectivity index (χ2v) is 9.39. The molecule has 0 bridgehead atoms. The van der Waals surface area contributed by atoms with Gasteiger partial charge in [0.25, 0.3) is 5.91 Å². The normalized spacial score (nSPS) is 16.9. The van der Waals surface area contributed by atoms with Gasteiger partial charge >= 0.3 is 0 Å². The van der Waals surface area contributed by atoms with Crippen LogP contribution in [-0.4, -0.2) is 40.8 Å². The van der Waals surface area contributed by atoms with Crippen molar-refractivity contribution in [1.29, 1.82) is 0 Å². The molecule has 2 aromatic rings. The van der Waals surface area contributed by atoms with Gasteiger partial charge in [-0.1, -0.05) is 63.2 Å². The first-order valence-electron chi connectivity index (χ1n) is 11.3. The molecule has 5 heteroatoms. The molecule has 1 aliphatic rings. The summed E-state index contributed by atoms with van der Waals surface area (Å²) in [5.41, 5.74) is 0.648. The van der Waals surface area contributed by atoms with E-state index in [9.17, 15) is 9.59 Å². The minimum Gasteiger partial charge on any atom is -0.485 e. The molecule has 1 atom stereocenters. The van der Waals surface area contributed by atoms with E-state index in [2.05, 4.69) is 42.5 Å². The van der Waals surface area contributed by atoms with Crippen molar-refractivity contribution in [3.05, 3.63) is 48.0 Å². The molecule has 0 saturated carbocycles. The topological polar surface area (TPSA) is 46.6 Å². The van der Waals surface area contributed by atoms with Gasteiger partial charge in [0, 0.05) is 12.0 Å². The Hall–Kier alpha value is -2.27. The number of carbonyl (C=O) groups is 2. The lowest BCUT2D eigenvalue weighted by molar-refractivity contribution is -0.150. The summed E-state index contributed by atoms with van der Waals surface area (Å²) in [6, 6.07) is 14.5. The van der Waals surface area contributed by atoms with Gasteiger partial charge in [0.1, 0.15) is 6.04 Å². The number of likely N-dealkylation sites (tertiary alicyclic amines) is 1. The molecule has 166 valence electrons. The molecular weight excluding hydrogens is 406 g/mol. The second-order valence-electron chi connectivity index (χ2n) is 8.99. The van der Waals surface area contributed by atoms with Crippen molar-refractivity contribution in [3.8, 4) is 0 Å². The lowest BCUT2D eigenvalue weighted by Crippen LogP contribution is -2.52. The first-order chi connectivity index (χ1) is 14.8. The summed E-state index contributed by atoms with van der Waals surface area (Å²) in [6.45, 7) is 6.66. The molecule has 2 aromatic carbocycles. The zero-order valence-electron chi connectivity index (χ0n) is 18.9. The van der Waals surface area contributed by atoms with Crippen molar-refractivity contribution in [2.45, 2.75) is 65.3 Å². The number of nitrogens with zero attached hydrogens (tertiary/aromatic N) is 1. The average molecular weight is 440 g/mol. The van der Waals surface area contributed by atoms with E-state index in [0.29, 0.717) is 24.6 Å². The predicted molar refractivity (Wildman–Crippen MR) is 129 cm³/mol. The summed E-state index contributed by atoms with van der Waals surface area (Å²) in [6.07, 6.45) is 5.01. The summed E-state index contributed by atoms with van der Waals surface area (Å²) >= 11 is 5.56. The number of benzene rings is 2. The lowest BCUT2D eigenvalue weighted by Gasteiger charge is -2.36. The highest BCUT2D eigenvalue weighted by Gasteiger charge is 2.39. The molecule has 3 rings (SSSR count). The molecule has 0 aromatic heterocycles. The van der Waals surface area contributed by atoms with E-state index in [1.165, 1.54) is 16.3 Å². The van der Waals surface area contributed by atoms with Crippen LogP contribution in [0.25, 0.3) is 10.8 Å². The second kappa shape index (κ2) is 10.4. The Bertz CT molecular complexity index is 947. The van der Waals surface area contributed by atoms with Gasteiger partial charge in [-0.05, 0) is 67.1 Å². The number of Topliss-reactive ketones (excluding diaryl/α,β-unsaturated/α-hetero) is 1. The fourth-order valence-electron chi connectivity index (χ4n) is 4.04. The van der Waals surface area contributed by atoms with E-state index < -0.39 is 11.3 Å². The molecule has 1 unspecified atom stereocenters. The molecule has 1 aliphatic heterocycles. The first kappa shape index (κ1) is 23.4. The maximum atomic E-state index is 12.9. The quantitative estimate of drug-likeness (QED) is 0.309. The van der Waals surface area contributed by atoms with Gasteiger partial charge < -0.3 is 9.64 Å². The van der Waals surface area contributed by atoms with Crippen LogP contribution in [0.4, 0.5) is 0 Å². The van der Waals surface area contributed by atoms with Crippen LogP contribution in [0.2, 0.25) is 0 Å². The van der Waals surface area contributed by atoms with Crippen LogP contribution >= 0.6 is 12.2 Å². The van der Waals surface area contributed by atoms with E-state index in [0.717, 1.165) is 32.1 Å². The Kier molecular flexibility index (Phi) is 7.82. The maximum Gasteiger partial charge on any atom is 0.291 e. The number of amides is 1. The summed E-state index contributed by atoms with van der Waals surface area (Å²) in [5, 5.41) is 2.95. The Balaban J connectivity index is 1.57. The zero-order chi connectivity index (χ0) is 22.4. The van der Waals surface area contributed by atoms with Crippen molar-refractivity contribution < 1.29 is 14.3 Å². The van der Waals surface area contributed by atoms with Crippen molar-refractivity contribution in [2.75, 3.05) is 13.2 Å². The van der Waals surface area contributed by atoms with Gasteiger partial charge in [0.15, 0.2) is 5.05 Å². The van der Waals surface area contributed by atoms with Crippen molar-refractivity contribution in [2.24, 2.45) is 5.41 Å². The minimum absolute atomic E-state index is 0.287. The molecule has 1 amide bonds. The van der Waals surface area contributed by atoms with Crippen molar-refractivity contribution in [3.63, 3.8) is 0 Å². The Morgan fingerprint density at radius 1 is 1.13 bits per heavy atom. The first-order valence-corrected chi connectivity index (χ1v) is 11.7. The molecule has 4 nitrogen and oxygen atoms in total. The largest absolute Gasteiger partial charge is 0.485 e. The third kappa shape index (κ3) is 5.51. The smallest absolute Gasteiger partial charge is 0.291 e. The average Bonchev–Trinajstić information content (AvgIpc) is 2.80. The molecule has 1 heterocycles. The Morgan fingerprint density at radius 3 is 2.65 bits per heavy atom. The monoisotopic (exact) mass is 439 g/mol. The van der Waals surface area contributed by atoms with E-state index in [1.807, 2.05) is 20.8 Å². The molecule has 31 heavy (non-hydrogen) atoms. The van der Waals surface area contributed by atoms with Crippen LogP contribution < -0.4 is 0 Å². The molecule has 1 fully saturated rings. The summed E-state index contributed by atoms with van der Waals surface area (Å²) < 4.78 is 5.91. The van der Waals surface area contributed by atoms with Crippen LogP contribution in [0.3, 0.4) is 0 Å². The van der Waals surface area contributed by atoms with Gasteiger partial charge in [-0.3, -0.25) is 9.59 Å². The number of rotatable bonds is 8. The van der Waals surface area contributed by atoms with Gasteiger partial charge in [0.05, 0.1) is 6.61 Å². The van der Waals surface area contributed by atoms with Crippen LogP contribution in [-0.2, 0) is 20.7 Å². The van der Waals surface area contributed by atoms with Crippen molar-refractivity contribution >= 4 is 39.7 Å². The van der Waals surface area contributed by atoms with Crippen LogP contribution in [0.1, 0.15) is 58.4 Å². The molecule has 0 N–H and O–H groups in total. The van der Waals surface area contributed by atoms with E-state index >= 15 is 0 Å². The van der Waals surface area contributed by atoms with E-state index in [-0.39, 0.29) is 11.8 Å². The number of fused-ring (bicyclic) bond motifs is 1. The summed E-state index contributed by atoms with van der Waals surface area (Å²) in [7, 11) is 0. The fraction of sp³-hybridized carbons (Fsp3) is 0.500. The van der Waals surface area contributed by atoms with Gasteiger partial charge in [-0.2, -0.15) is 0 Å². The van der Waals surface area contributed by atoms with E-state index in [1.54, 1.807) is 4.90 Å². The van der Waals surface area contributed by atoms with Gasteiger partial charge in [-0.25, -0.2) is 0 Å². The van der Waals surface area contributed by atoms with Crippen LogP contribution in [0, 0.1) is 5.41 Å². The Morgan fingerprint density at radius 2 is 1.87 bits per heavy atom. The Labute approximate surface area is 191 Å². The molecular formula is C26H33NO3S. The SMILES string of the molecule is CCC(C)(C)C(=O)C(=O)N1CCCCC1C(=S)OCCCc1cccc2ccccc12. The predicted octanol–water partition coefficient (Wildman–Crippen LogP) is 5.50. The summed E-state index contributed by atoms with van der Waals surface area (Å²) in [4.78, 5) is 27.3. The fourth-order valence-corrected chi connectivity index (χ4v) is 4.37. The minimum atomic E-state index is -0.653. The number of ketones is 1. The maximum absolute atomic E-state index is 12.9. The number of ether oxygens (including phenoxy) is 1. The number of thiocarbonyl (C=S) groups is 1. The van der Waals surface area contributed by atoms with Crippen molar-refractivity contribution in [1.82, 2.24) is 4.90 Å². The molecule has 0 aliphatic carbocycles. The number of hydrogen-bond acceptors (Lipinski definition) is 4. The van der Waals surface area contributed by atoms with E-state index in [4.69, 9.17) is 17.0 Å². The lowest BCUT2D eigenvalue weighted by atomic mass is 9.84. The number of piperidine rings is 1. The zero-order valence-corrected chi connectivity index (χ0v) is 19.7. The number of hydrogen-bond donors (Lipinski definition) is 0. The summed E-state index contributed by atoms with van der Waals surface area (Å²) in [5.74, 6) is -0.751. The molecule has 1 saturated heterocycles. The highest BCUT2D eigenvalue weighted by Crippen LogP contribution is 2.26. The number of aryl methyl sites for hydroxylation is 1. The standard InChI is InChI=1S/C26H33NO3S/c1-4-26(2,3)23(28)24(29)27-17-8-7-16-22(27)25(31)30-18-10-14-20-13-9-12-19-11-5-6-15-21(19)20/h5-6,9,11-13,15,22H,4,7-8,10,14,16-18H2,1-3H3. The molecule has 0 radical (unpaired) electrons.